The van der Waals surface area contributed by atoms with Crippen molar-refractivity contribution in [3.8, 4) is 5.75 Å². The largest absolute Gasteiger partial charge is 0.493 e. The fraction of sp³-hybridized carbons (Fsp3) is 0.357. The minimum atomic E-state index is -0.811. The molecule has 5 heteroatoms. The summed E-state index contributed by atoms with van der Waals surface area (Å²) < 4.78 is 19.1. The second-order valence-electron chi connectivity index (χ2n) is 4.32. The minimum Gasteiger partial charge on any atom is -0.493 e. The van der Waals surface area contributed by atoms with Gasteiger partial charge < -0.3 is 9.84 Å². The van der Waals surface area contributed by atoms with Crippen LogP contribution < -0.4 is 4.74 Å². The van der Waals surface area contributed by atoms with Crippen LogP contribution in [0.4, 0.5) is 4.39 Å². The molecule has 19 heavy (non-hydrogen) atoms. The number of aliphatic hydroxyl groups excluding tert-OH is 1. The van der Waals surface area contributed by atoms with Gasteiger partial charge in [-0.1, -0.05) is 0 Å². The molecule has 0 bridgehead atoms. The highest BCUT2D eigenvalue weighted by Crippen LogP contribution is 2.22. The lowest BCUT2D eigenvalue weighted by Gasteiger charge is -2.09. The Morgan fingerprint density at radius 3 is 2.84 bits per heavy atom. The van der Waals surface area contributed by atoms with Gasteiger partial charge in [0.05, 0.1) is 23.9 Å². The Balaban J connectivity index is 1.93. The van der Waals surface area contributed by atoms with Gasteiger partial charge in [0, 0.05) is 22.9 Å². The zero-order valence-electron chi connectivity index (χ0n) is 10.9. The number of rotatable bonds is 5. The maximum absolute atomic E-state index is 13.6. The summed E-state index contributed by atoms with van der Waals surface area (Å²) in [6.45, 7) is 3.98. The van der Waals surface area contributed by atoms with Crippen molar-refractivity contribution in [2.45, 2.75) is 26.4 Å². The first-order valence-electron chi connectivity index (χ1n) is 6.07. The van der Waals surface area contributed by atoms with Crippen LogP contribution in [-0.2, 0) is 6.42 Å². The molecule has 2 rings (SSSR count). The lowest BCUT2D eigenvalue weighted by Crippen LogP contribution is -2.03. The highest BCUT2D eigenvalue weighted by molar-refractivity contribution is 7.09. The van der Waals surface area contributed by atoms with Crippen LogP contribution in [0.25, 0.3) is 0 Å². The smallest absolute Gasteiger partial charge is 0.132 e. The molecule has 0 radical (unpaired) electrons. The van der Waals surface area contributed by atoms with Gasteiger partial charge in [-0.3, -0.25) is 0 Å². The molecule has 1 aromatic carbocycles. The van der Waals surface area contributed by atoms with E-state index in [0.717, 1.165) is 12.1 Å². The molecule has 0 aliphatic rings. The summed E-state index contributed by atoms with van der Waals surface area (Å²) >= 11 is 1.60. The van der Waals surface area contributed by atoms with E-state index >= 15 is 0 Å². The summed E-state index contributed by atoms with van der Waals surface area (Å²) in [6.07, 6.45) is -0.0510. The molecule has 0 unspecified atom stereocenters. The van der Waals surface area contributed by atoms with Crippen molar-refractivity contribution in [2.24, 2.45) is 0 Å². The van der Waals surface area contributed by atoms with Crippen molar-refractivity contribution in [3.63, 3.8) is 0 Å². The molecule has 1 atom stereocenters. The number of aromatic nitrogens is 1. The highest BCUT2D eigenvalue weighted by atomic mass is 32.1. The second kappa shape index (κ2) is 6.12. The van der Waals surface area contributed by atoms with Gasteiger partial charge in [-0.25, -0.2) is 9.37 Å². The van der Waals surface area contributed by atoms with Crippen LogP contribution in [0.3, 0.4) is 0 Å². The molecule has 1 heterocycles. The van der Waals surface area contributed by atoms with Gasteiger partial charge in [-0.2, -0.15) is 0 Å². The Labute approximate surface area is 115 Å². The number of thiazole rings is 1. The molecule has 0 saturated carbocycles. The number of aliphatic hydroxyl groups is 1. The zero-order valence-corrected chi connectivity index (χ0v) is 11.7. The molecule has 102 valence electrons. The summed E-state index contributed by atoms with van der Waals surface area (Å²) in [5, 5.41) is 9.34. The molecular weight excluding hydrogens is 265 g/mol. The average molecular weight is 281 g/mol. The van der Waals surface area contributed by atoms with Gasteiger partial charge in [0.25, 0.3) is 0 Å². The Morgan fingerprint density at radius 2 is 2.26 bits per heavy atom. The second-order valence-corrected chi connectivity index (χ2v) is 5.26. The number of hydrogen-bond acceptors (Lipinski definition) is 4. The molecule has 1 N–H and O–H groups in total. The van der Waals surface area contributed by atoms with Crippen molar-refractivity contribution in [1.29, 1.82) is 0 Å². The van der Waals surface area contributed by atoms with E-state index in [1.165, 1.54) is 17.9 Å². The molecule has 0 amide bonds. The van der Waals surface area contributed by atoms with E-state index in [4.69, 9.17) is 4.74 Å². The fourth-order valence-electron chi connectivity index (χ4n) is 1.76. The van der Waals surface area contributed by atoms with E-state index < -0.39 is 11.9 Å². The molecule has 0 fully saturated rings. The molecule has 0 aliphatic heterocycles. The molecule has 3 nitrogen and oxygen atoms in total. The third kappa shape index (κ3) is 3.52. The van der Waals surface area contributed by atoms with Crippen molar-refractivity contribution < 1.29 is 14.2 Å². The summed E-state index contributed by atoms with van der Waals surface area (Å²) in [6, 6.07) is 4.53. The summed E-state index contributed by atoms with van der Waals surface area (Å²) in [5.74, 6) is 0.0329. The van der Waals surface area contributed by atoms with E-state index in [9.17, 15) is 9.50 Å². The van der Waals surface area contributed by atoms with Crippen LogP contribution in [0.5, 0.6) is 5.75 Å². The Morgan fingerprint density at radius 1 is 1.47 bits per heavy atom. The van der Waals surface area contributed by atoms with Crippen LogP contribution in [0.2, 0.25) is 0 Å². The Bertz CT molecular complexity index is 554. The summed E-state index contributed by atoms with van der Waals surface area (Å²) in [5.41, 5.74) is 3.11. The first-order valence-corrected chi connectivity index (χ1v) is 6.95. The van der Waals surface area contributed by atoms with Crippen molar-refractivity contribution in [3.05, 3.63) is 45.7 Å². The van der Waals surface area contributed by atoms with Gasteiger partial charge in [-0.05, 0) is 26.0 Å². The van der Waals surface area contributed by atoms with Crippen LogP contribution in [0, 0.1) is 12.7 Å². The molecule has 2 aromatic rings. The quantitative estimate of drug-likeness (QED) is 0.914. The molecule has 0 spiro atoms. The van der Waals surface area contributed by atoms with E-state index in [1.54, 1.807) is 23.5 Å². The maximum atomic E-state index is 13.6. The molecule has 0 saturated heterocycles. The predicted octanol–water partition coefficient (Wildman–Crippen LogP) is 3.27. The standard InChI is InChI=1S/C14H16FNO2S/c1-9-14(19-8-16-9)5-6-18-11-3-4-12(10(2)17)13(15)7-11/h3-4,7-8,10,17H,5-6H2,1-2H3/t10-/m0/s1. The normalized spacial score (nSPS) is 12.4. The van der Waals surface area contributed by atoms with Gasteiger partial charge >= 0.3 is 0 Å². The van der Waals surface area contributed by atoms with E-state index in [1.807, 2.05) is 12.4 Å². The number of nitrogens with zero attached hydrogens (tertiary/aromatic N) is 1. The fourth-order valence-corrected chi connectivity index (χ4v) is 2.53. The zero-order chi connectivity index (χ0) is 13.8. The first-order chi connectivity index (χ1) is 9.08. The van der Waals surface area contributed by atoms with Crippen molar-refractivity contribution >= 4 is 11.3 Å². The van der Waals surface area contributed by atoms with Gasteiger partial charge in [0.1, 0.15) is 11.6 Å². The van der Waals surface area contributed by atoms with Crippen LogP contribution in [0.1, 0.15) is 29.2 Å². The first kappa shape index (κ1) is 14.0. The highest BCUT2D eigenvalue weighted by Gasteiger charge is 2.09. The number of benzene rings is 1. The van der Waals surface area contributed by atoms with Gasteiger partial charge in [0.15, 0.2) is 0 Å². The SMILES string of the molecule is Cc1ncsc1CCOc1ccc([C@H](C)O)c(F)c1. The summed E-state index contributed by atoms with van der Waals surface area (Å²) in [7, 11) is 0. The molecule has 0 aliphatic carbocycles. The number of hydrogen-bond donors (Lipinski definition) is 1. The van der Waals surface area contributed by atoms with Crippen LogP contribution in [0.15, 0.2) is 23.7 Å². The third-order valence-electron chi connectivity index (χ3n) is 2.86. The van der Waals surface area contributed by atoms with E-state index in [2.05, 4.69) is 4.98 Å². The average Bonchev–Trinajstić information content (AvgIpc) is 2.75. The third-order valence-corrected chi connectivity index (χ3v) is 3.86. The van der Waals surface area contributed by atoms with Crippen molar-refractivity contribution in [2.75, 3.05) is 6.61 Å². The minimum absolute atomic E-state index is 0.283. The lowest BCUT2D eigenvalue weighted by atomic mass is 10.1. The summed E-state index contributed by atoms with van der Waals surface area (Å²) in [4.78, 5) is 5.34. The molecule has 1 aromatic heterocycles. The number of halogens is 1. The number of ether oxygens (including phenoxy) is 1. The van der Waals surface area contributed by atoms with E-state index in [0.29, 0.717) is 12.4 Å². The maximum Gasteiger partial charge on any atom is 0.132 e. The van der Waals surface area contributed by atoms with Crippen LogP contribution in [-0.4, -0.2) is 16.7 Å². The van der Waals surface area contributed by atoms with Crippen molar-refractivity contribution in [1.82, 2.24) is 4.98 Å². The molecular formula is C14H16FNO2S. The van der Waals surface area contributed by atoms with E-state index in [-0.39, 0.29) is 5.56 Å². The van der Waals surface area contributed by atoms with Gasteiger partial charge in [-0.15, -0.1) is 11.3 Å². The Kier molecular flexibility index (Phi) is 4.50. The Hall–Kier alpha value is -1.46. The topological polar surface area (TPSA) is 42.4 Å². The van der Waals surface area contributed by atoms with Crippen LogP contribution >= 0.6 is 11.3 Å². The lowest BCUT2D eigenvalue weighted by molar-refractivity contribution is 0.194. The number of aryl methyl sites for hydroxylation is 1. The van der Waals surface area contributed by atoms with Gasteiger partial charge in [0.2, 0.25) is 0 Å². The monoisotopic (exact) mass is 281 g/mol. The predicted molar refractivity (Wildman–Crippen MR) is 73.1 cm³/mol.